The molecule has 0 aliphatic heterocycles. The van der Waals surface area contributed by atoms with Crippen molar-refractivity contribution in [3.63, 3.8) is 0 Å². The second-order valence-corrected chi connectivity index (χ2v) is 6.45. The van der Waals surface area contributed by atoms with Gasteiger partial charge in [0.1, 0.15) is 10.7 Å². The van der Waals surface area contributed by atoms with Crippen LogP contribution >= 0.6 is 11.3 Å². The second kappa shape index (κ2) is 7.09. The van der Waals surface area contributed by atoms with E-state index in [1.807, 2.05) is 18.9 Å². The molecule has 2 rings (SSSR count). The molecule has 1 fully saturated rings. The molecule has 1 aliphatic rings. The van der Waals surface area contributed by atoms with Gasteiger partial charge >= 0.3 is 0 Å². The molecule has 1 aromatic rings. The van der Waals surface area contributed by atoms with Gasteiger partial charge in [-0.05, 0) is 25.7 Å². The number of nitrogens with zero attached hydrogens (tertiary/aromatic N) is 3. The van der Waals surface area contributed by atoms with Crippen LogP contribution in [0.15, 0.2) is 0 Å². The number of hydrogen-bond donors (Lipinski definition) is 1. The minimum absolute atomic E-state index is 0.0872. The van der Waals surface area contributed by atoms with Crippen LogP contribution in [0.25, 0.3) is 0 Å². The maximum Gasteiger partial charge on any atom is 0.267 e. The van der Waals surface area contributed by atoms with Crippen molar-refractivity contribution in [3.05, 3.63) is 4.88 Å². The van der Waals surface area contributed by atoms with Gasteiger partial charge in [-0.1, -0.05) is 11.3 Å². The van der Waals surface area contributed by atoms with E-state index in [2.05, 4.69) is 4.98 Å². The Labute approximate surface area is 129 Å². The van der Waals surface area contributed by atoms with E-state index in [0.29, 0.717) is 23.8 Å². The summed E-state index contributed by atoms with van der Waals surface area (Å²) in [6.45, 7) is 4.81. The molecule has 0 spiro atoms. The van der Waals surface area contributed by atoms with Gasteiger partial charge in [0.25, 0.3) is 5.91 Å². The number of aromatic nitrogens is 1. The fourth-order valence-electron chi connectivity index (χ4n) is 1.78. The molecule has 0 unspecified atom stereocenters. The Morgan fingerprint density at radius 2 is 2.19 bits per heavy atom. The van der Waals surface area contributed by atoms with Crippen molar-refractivity contribution in [2.45, 2.75) is 19.8 Å². The SMILES string of the molecule is CCN(C)c1nc(N)c(C(=O)N(C)CCOCC2CC2)s1. The summed E-state index contributed by atoms with van der Waals surface area (Å²) < 4.78 is 5.56. The quantitative estimate of drug-likeness (QED) is 0.740. The lowest BCUT2D eigenvalue weighted by atomic mass is 10.4. The second-order valence-electron chi connectivity index (χ2n) is 5.47. The maximum absolute atomic E-state index is 12.4. The van der Waals surface area contributed by atoms with Gasteiger partial charge in [-0.25, -0.2) is 4.98 Å². The van der Waals surface area contributed by atoms with Crippen molar-refractivity contribution >= 4 is 28.2 Å². The number of thiazole rings is 1. The number of anilines is 2. The molecule has 7 heteroatoms. The standard InChI is InChI=1S/C14H24N4O2S/c1-4-17(2)14-16-12(15)11(21-14)13(19)18(3)7-8-20-9-10-5-6-10/h10H,4-9,15H2,1-3H3. The lowest BCUT2D eigenvalue weighted by Crippen LogP contribution is -2.30. The molecule has 0 aromatic carbocycles. The lowest BCUT2D eigenvalue weighted by Gasteiger charge is -2.16. The highest BCUT2D eigenvalue weighted by molar-refractivity contribution is 7.18. The van der Waals surface area contributed by atoms with Crippen LogP contribution in [0, 0.1) is 5.92 Å². The first kappa shape index (κ1) is 16.0. The summed E-state index contributed by atoms with van der Waals surface area (Å²) in [5.41, 5.74) is 5.87. The summed E-state index contributed by atoms with van der Waals surface area (Å²) in [6, 6.07) is 0. The molecule has 1 aliphatic carbocycles. The van der Waals surface area contributed by atoms with Gasteiger partial charge in [0, 0.05) is 33.8 Å². The van der Waals surface area contributed by atoms with Crippen molar-refractivity contribution in [1.29, 1.82) is 0 Å². The molecule has 1 aromatic heterocycles. The average molecular weight is 312 g/mol. The van der Waals surface area contributed by atoms with E-state index in [4.69, 9.17) is 10.5 Å². The maximum atomic E-state index is 12.4. The van der Waals surface area contributed by atoms with Crippen LogP contribution in [0.2, 0.25) is 0 Å². The first-order valence-electron chi connectivity index (χ1n) is 7.33. The highest BCUT2D eigenvalue weighted by Crippen LogP contribution is 2.29. The third-order valence-electron chi connectivity index (χ3n) is 3.61. The van der Waals surface area contributed by atoms with E-state index in [0.717, 1.165) is 24.2 Å². The Morgan fingerprint density at radius 3 is 2.81 bits per heavy atom. The van der Waals surface area contributed by atoms with Crippen LogP contribution in [0.1, 0.15) is 29.4 Å². The molecule has 21 heavy (non-hydrogen) atoms. The average Bonchev–Trinajstić information content (AvgIpc) is 3.22. The van der Waals surface area contributed by atoms with Gasteiger partial charge in [0.15, 0.2) is 5.13 Å². The molecule has 0 atom stereocenters. The molecule has 6 nitrogen and oxygen atoms in total. The molecule has 1 amide bonds. The van der Waals surface area contributed by atoms with Crippen LogP contribution in [0.4, 0.5) is 10.9 Å². The third kappa shape index (κ3) is 4.31. The summed E-state index contributed by atoms with van der Waals surface area (Å²) in [7, 11) is 3.70. The van der Waals surface area contributed by atoms with Crippen LogP contribution in [-0.4, -0.2) is 56.2 Å². The van der Waals surface area contributed by atoms with Gasteiger partial charge in [0.05, 0.1) is 6.61 Å². The molecule has 0 radical (unpaired) electrons. The number of amides is 1. The van der Waals surface area contributed by atoms with Gasteiger partial charge in [-0.2, -0.15) is 0 Å². The molecule has 0 bridgehead atoms. The third-order valence-corrected chi connectivity index (χ3v) is 4.78. The van der Waals surface area contributed by atoms with Gasteiger partial charge in [0.2, 0.25) is 0 Å². The summed E-state index contributed by atoms with van der Waals surface area (Å²) in [5, 5.41) is 0.775. The van der Waals surface area contributed by atoms with Crippen molar-refractivity contribution < 1.29 is 9.53 Å². The number of nitrogen functional groups attached to an aromatic ring is 1. The van der Waals surface area contributed by atoms with Crippen LogP contribution in [0.5, 0.6) is 0 Å². The van der Waals surface area contributed by atoms with E-state index < -0.39 is 0 Å². The van der Waals surface area contributed by atoms with Crippen LogP contribution in [-0.2, 0) is 4.74 Å². The monoisotopic (exact) mass is 312 g/mol. The number of likely N-dealkylation sites (N-methyl/N-ethyl adjacent to an activating group) is 1. The van der Waals surface area contributed by atoms with E-state index >= 15 is 0 Å². The predicted molar refractivity (Wildman–Crippen MR) is 86.0 cm³/mol. The van der Waals surface area contributed by atoms with E-state index in [9.17, 15) is 4.79 Å². The largest absolute Gasteiger partial charge is 0.382 e. The minimum atomic E-state index is -0.0872. The smallest absolute Gasteiger partial charge is 0.267 e. The molecule has 1 heterocycles. The van der Waals surface area contributed by atoms with Crippen molar-refractivity contribution in [2.75, 3.05) is 51.0 Å². The summed E-state index contributed by atoms with van der Waals surface area (Å²) in [6.07, 6.45) is 2.56. The number of hydrogen-bond acceptors (Lipinski definition) is 6. The van der Waals surface area contributed by atoms with Gasteiger partial charge in [-0.15, -0.1) is 0 Å². The van der Waals surface area contributed by atoms with Crippen LogP contribution in [0.3, 0.4) is 0 Å². The van der Waals surface area contributed by atoms with Crippen molar-refractivity contribution in [2.24, 2.45) is 5.92 Å². The lowest BCUT2D eigenvalue weighted by molar-refractivity contribution is 0.0686. The van der Waals surface area contributed by atoms with E-state index in [1.165, 1.54) is 24.2 Å². The van der Waals surface area contributed by atoms with Crippen LogP contribution < -0.4 is 10.6 Å². The molecule has 1 saturated carbocycles. The van der Waals surface area contributed by atoms with Gasteiger partial charge in [-0.3, -0.25) is 4.79 Å². The Bertz CT molecular complexity index is 487. The van der Waals surface area contributed by atoms with Crippen molar-refractivity contribution in [1.82, 2.24) is 9.88 Å². The number of nitrogens with two attached hydrogens (primary N) is 1. The first-order chi connectivity index (χ1) is 10.0. The number of carbonyl (C=O) groups excluding carboxylic acids is 1. The first-order valence-corrected chi connectivity index (χ1v) is 8.15. The predicted octanol–water partition coefficient (Wildman–Crippen LogP) is 1.68. The van der Waals surface area contributed by atoms with E-state index in [-0.39, 0.29) is 5.91 Å². The highest BCUT2D eigenvalue weighted by Gasteiger charge is 2.22. The zero-order chi connectivity index (χ0) is 15.4. The zero-order valence-corrected chi connectivity index (χ0v) is 13.8. The Balaban J connectivity index is 1.86. The topological polar surface area (TPSA) is 71.7 Å². The summed E-state index contributed by atoms with van der Waals surface area (Å²) in [5.74, 6) is 0.970. The molecule has 2 N–H and O–H groups in total. The number of carbonyl (C=O) groups is 1. The number of ether oxygens (including phenoxy) is 1. The Kier molecular flexibility index (Phi) is 5.41. The van der Waals surface area contributed by atoms with Gasteiger partial charge < -0.3 is 20.3 Å². The number of rotatable bonds is 8. The fraction of sp³-hybridized carbons (Fsp3) is 0.714. The molecular formula is C14H24N4O2S. The highest BCUT2D eigenvalue weighted by atomic mass is 32.1. The summed E-state index contributed by atoms with van der Waals surface area (Å²) in [4.78, 5) is 20.8. The molecule has 118 valence electrons. The fourth-order valence-corrected chi connectivity index (χ4v) is 2.79. The van der Waals surface area contributed by atoms with Crippen molar-refractivity contribution in [3.8, 4) is 0 Å². The normalized spacial score (nSPS) is 14.2. The molecular weight excluding hydrogens is 288 g/mol. The summed E-state index contributed by atoms with van der Waals surface area (Å²) >= 11 is 1.34. The van der Waals surface area contributed by atoms with E-state index in [1.54, 1.807) is 11.9 Å². The zero-order valence-electron chi connectivity index (χ0n) is 13.0. The Hall–Kier alpha value is -1.34. The Morgan fingerprint density at radius 1 is 1.48 bits per heavy atom. The molecule has 0 saturated heterocycles. The minimum Gasteiger partial charge on any atom is -0.382 e.